The lowest BCUT2D eigenvalue weighted by atomic mass is 9.91. The number of hydrogen-bond donors (Lipinski definition) is 2. The van der Waals surface area contributed by atoms with E-state index in [1.165, 1.54) is 0 Å². The molecule has 0 aliphatic carbocycles. The second kappa shape index (κ2) is 15.0. The number of nitrogens with one attached hydrogen (secondary N) is 2. The fourth-order valence-corrected chi connectivity index (χ4v) is 3.56. The van der Waals surface area contributed by atoms with Gasteiger partial charge in [-0.3, -0.25) is 0 Å². The van der Waals surface area contributed by atoms with Crippen molar-refractivity contribution in [2.45, 2.75) is 109 Å². The summed E-state index contributed by atoms with van der Waals surface area (Å²) in [6.07, 6.45) is -17.9. The van der Waals surface area contributed by atoms with Gasteiger partial charge in [-0.15, -0.1) is 0 Å². The Morgan fingerprint density at radius 1 is 0.222 bits per heavy atom. The SMILES string of the molecule is FC(F)(F)C(F)(F)C(F)(F)C(F)(F)C(F)(F)C(F)(F)C(F)(F)CNCCCCCCNCC(F)(F)C(F)(F)C(F)(F)C(F)(F)C(F)(F)C(F)(F)C(F)(F)F. The molecule has 0 unspecified atom stereocenters. The van der Waals surface area contributed by atoms with Gasteiger partial charge < -0.3 is 10.6 Å². The molecule has 0 saturated heterocycles. The Balaban J connectivity index is 5.30. The molecule has 0 amide bonds. The molecule has 0 aliphatic rings. The molecule has 0 bridgehead atoms. The third kappa shape index (κ3) is 8.13. The Morgan fingerprint density at radius 2 is 0.407 bits per heavy atom. The lowest BCUT2D eigenvalue weighted by molar-refractivity contribution is -0.452. The fourth-order valence-electron chi connectivity index (χ4n) is 3.56. The number of rotatable bonds is 21. The first-order chi connectivity index (χ1) is 23.2. The van der Waals surface area contributed by atoms with Crippen LogP contribution in [0.3, 0.4) is 0 Å². The Bertz CT molecular complexity index is 1130. The van der Waals surface area contributed by atoms with E-state index in [-0.39, 0.29) is 0 Å². The quantitative estimate of drug-likeness (QED) is 0.0887. The summed E-state index contributed by atoms with van der Waals surface area (Å²) in [7, 11) is 0. The summed E-state index contributed by atoms with van der Waals surface area (Å²) >= 11 is 0. The van der Waals surface area contributed by atoms with E-state index in [0.717, 1.165) is 10.6 Å². The largest absolute Gasteiger partial charge is 0.460 e. The van der Waals surface area contributed by atoms with Gasteiger partial charge in [0.25, 0.3) is 0 Å². The van der Waals surface area contributed by atoms with Gasteiger partial charge in [0.05, 0.1) is 13.1 Å². The number of alkyl halides is 30. The standard InChI is InChI=1S/C22H18F30N2/c23-9(24,11(27,28)13(31,32)15(35,36)17(39,40)19(43,44)21(47,48)49)7-53-5-3-1-2-4-6-54-8-10(25,26)12(29,30)14(33,34)16(37,38)18(41,42)20(45,46)22(50,51)52/h53-54H,1-8H2. The molecule has 32 heteroatoms. The molecule has 326 valence electrons. The summed E-state index contributed by atoms with van der Waals surface area (Å²) in [4.78, 5) is 0. The molecule has 0 aromatic carbocycles. The van der Waals surface area contributed by atoms with Gasteiger partial charge in [-0.05, 0) is 25.9 Å². The molecule has 54 heavy (non-hydrogen) atoms. The minimum atomic E-state index is -8.52. The molecule has 0 atom stereocenters. The van der Waals surface area contributed by atoms with E-state index >= 15 is 0 Å². The van der Waals surface area contributed by atoms with Crippen molar-refractivity contribution in [2.24, 2.45) is 0 Å². The van der Waals surface area contributed by atoms with Gasteiger partial charge in [-0.1, -0.05) is 12.8 Å². The lowest BCUT2D eigenvalue weighted by Crippen LogP contribution is -2.73. The Labute approximate surface area is 278 Å². The van der Waals surface area contributed by atoms with Crippen LogP contribution in [0.15, 0.2) is 0 Å². The highest BCUT2D eigenvalue weighted by Gasteiger charge is 2.94. The molecule has 0 radical (unpaired) electrons. The van der Waals surface area contributed by atoms with Crippen molar-refractivity contribution >= 4 is 0 Å². The lowest BCUT2D eigenvalue weighted by Gasteiger charge is -2.41. The average molecular weight is 880 g/mol. The van der Waals surface area contributed by atoms with Gasteiger partial charge in [-0.25, -0.2) is 0 Å². The molecule has 2 nitrogen and oxygen atoms in total. The summed E-state index contributed by atoms with van der Waals surface area (Å²) in [5, 5.41) is 2.25. The molecule has 0 fully saturated rings. The van der Waals surface area contributed by atoms with Crippen LogP contribution in [0.4, 0.5) is 132 Å². The molecular formula is C22H18F30N2. The summed E-state index contributed by atoms with van der Waals surface area (Å²) in [6, 6.07) is 0. The highest BCUT2D eigenvalue weighted by Crippen LogP contribution is 2.64. The van der Waals surface area contributed by atoms with Crippen LogP contribution < -0.4 is 10.6 Å². The highest BCUT2D eigenvalue weighted by molar-refractivity contribution is 5.14. The fraction of sp³-hybridized carbons (Fsp3) is 1.00. The van der Waals surface area contributed by atoms with E-state index in [1.807, 2.05) is 0 Å². The monoisotopic (exact) mass is 880 g/mol. The van der Waals surface area contributed by atoms with Gasteiger partial charge >= 0.3 is 83.4 Å². The predicted molar refractivity (Wildman–Crippen MR) is 116 cm³/mol. The minimum Gasteiger partial charge on any atom is -0.311 e. The zero-order valence-electron chi connectivity index (χ0n) is 25.0. The van der Waals surface area contributed by atoms with Crippen molar-refractivity contribution in [3.63, 3.8) is 0 Å². The third-order valence-electron chi connectivity index (χ3n) is 6.94. The van der Waals surface area contributed by atoms with Gasteiger partial charge in [0.2, 0.25) is 0 Å². The van der Waals surface area contributed by atoms with E-state index in [0.29, 0.717) is 0 Å². The van der Waals surface area contributed by atoms with Crippen LogP contribution in [0.25, 0.3) is 0 Å². The molecule has 0 rings (SSSR count). The van der Waals surface area contributed by atoms with E-state index in [4.69, 9.17) is 0 Å². The van der Waals surface area contributed by atoms with Crippen LogP contribution in [0.5, 0.6) is 0 Å². The summed E-state index contributed by atoms with van der Waals surface area (Å²) < 4.78 is 394. The van der Waals surface area contributed by atoms with Crippen molar-refractivity contribution in [1.82, 2.24) is 10.6 Å². The Hall–Kier alpha value is -2.18. The van der Waals surface area contributed by atoms with Crippen molar-refractivity contribution in [3.8, 4) is 0 Å². The average Bonchev–Trinajstić information content (AvgIpc) is 2.95. The summed E-state index contributed by atoms with van der Waals surface area (Å²) in [5.41, 5.74) is 0. The van der Waals surface area contributed by atoms with E-state index in [2.05, 4.69) is 0 Å². The van der Waals surface area contributed by atoms with Crippen LogP contribution in [0, 0.1) is 0 Å². The van der Waals surface area contributed by atoms with Gasteiger partial charge in [0.15, 0.2) is 0 Å². The molecule has 0 aromatic rings. The third-order valence-corrected chi connectivity index (χ3v) is 6.94. The molecule has 0 saturated carbocycles. The van der Waals surface area contributed by atoms with Crippen molar-refractivity contribution in [2.75, 3.05) is 26.2 Å². The smallest absolute Gasteiger partial charge is 0.311 e. The first-order valence-electron chi connectivity index (χ1n) is 13.3. The van der Waals surface area contributed by atoms with Gasteiger partial charge in [-0.2, -0.15) is 132 Å². The van der Waals surface area contributed by atoms with Gasteiger partial charge in [0, 0.05) is 0 Å². The Kier molecular flexibility index (Phi) is 14.4. The highest BCUT2D eigenvalue weighted by atomic mass is 19.4. The zero-order chi connectivity index (χ0) is 44.1. The van der Waals surface area contributed by atoms with Crippen LogP contribution in [0.2, 0.25) is 0 Å². The maximum Gasteiger partial charge on any atom is 0.460 e. The molecular weight excluding hydrogens is 862 g/mol. The molecule has 2 N–H and O–H groups in total. The van der Waals surface area contributed by atoms with Crippen LogP contribution in [0.1, 0.15) is 25.7 Å². The second-order valence-electron chi connectivity index (χ2n) is 10.9. The summed E-state index contributed by atoms with van der Waals surface area (Å²) in [5.74, 6) is -95.9. The van der Waals surface area contributed by atoms with Crippen molar-refractivity contribution < 1.29 is 132 Å². The minimum absolute atomic E-state index is 0.497. The molecule has 0 spiro atoms. The van der Waals surface area contributed by atoms with E-state index < -0.39 is 135 Å². The Morgan fingerprint density at radius 3 is 0.611 bits per heavy atom. The predicted octanol–water partition coefficient (Wildman–Crippen LogP) is 10.5. The van der Waals surface area contributed by atoms with Crippen molar-refractivity contribution in [3.05, 3.63) is 0 Å². The normalized spacial score (nSPS) is 16.3. The zero-order valence-corrected chi connectivity index (χ0v) is 25.0. The maximum absolute atomic E-state index is 13.7. The molecule has 0 aromatic heterocycles. The van der Waals surface area contributed by atoms with Crippen LogP contribution in [-0.4, -0.2) is 110 Å². The topological polar surface area (TPSA) is 24.1 Å². The first-order valence-corrected chi connectivity index (χ1v) is 13.3. The van der Waals surface area contributed by atoms with E-state index in [1.54, 1.807) is 0 Å². The number of unbranched alkanes of at least 4 members (excludes halogenated alkanes) is 3. The molecule has 0 aliphatic heterocycles. The van der Waals surface area contributed by atoms with Crippen LogP contribution >= 0.6 is 0 Å². The first kappa shape index (κ1) is 51.8. The van der Waals surface area contributed by atoms with E-state index in [9.17, 15) is 132 Å². The maximum atomic E-state index is 13.7. The number of halogens is 30. The van der Waals surface area contributed by atoms with Crippen LogP contribution in [-0.2, 0) is 0 Å². The molecule has 0 heterocycles. The number of hydrogen-bond acceptors (Lipinski definition) is 2. The van der Waals surface area contributed by atoms with Gasteiger partial charge in [0.1, 0.15) is 0 Å². The van der Waals surface area contributed by atoms with Crippen molar-refractivity contribution in [1.29, 1.82) is 0 Å². The second-order valence-corrected chi connectivity index (χ2v) is 10.9. The summed E-state index contributed by atoms with van der Waals surface area (Å²) in [6.45, 7) is -8.06.